The number of amides is 1. The van der Waals surface area contributed by atoms with Gasteiger partial charge in [-0.05, 0) is 36.8 Å². The summed E-state index contributed by atoms with van der Waals surface area (Å²) in [7, 11) is 1.49. The molecular formula is C20H21NO6. The lowest BCUT2D eigenvalue weighted by Crippen LogP contribution is -2.13. The van der Waals surface area contributed by atoms with Crippen LogP contribution in [0.5, 0.6) is 11.5 Å². The second kappa shape index (κ2) is 9.38. The smallest absolute Gasteiger partial charge is 0.303 e. The van der Waals surface area contributed by atoms with Crippen molar-refractivity contribution >= 4 is 23.3 Å². The number of methoxy groups -OCH3 is 1. The van der Waals surface area contributed by atoms with Gasteiger partial charge in [-0.15, -0.1) is 0 Å². The third kappa shape index (κ3) is 6.14. The molecule has 0 saturated carbocycles. The minimum atomic E-state index is -1.02. The van der Waals surface area contributed by atoms with E-state index in [2.05, 4.69) is 5.32 Å². The number of nitrogens with one attached hydrogen (secondary N) is 1. The number of rotatable bonds is 9. The average molecular weight is 371 g/mol. The fraction of sp³-hybridized carbons (Fsp3) is 0.250. The van der Waals surface area contributed by atoms with E-state index in [0.717, 1.165) is 5.56 Å². The van der Waals surface area contributed by atoms with Crippen LogP contribution < -0.4 is 14.8 Å². The quantitative estimate of drug-likeness (QED) is 0.656. The van der Waals surface area contributed by atoms with Crippen LogP contribution in [0.2, 0.25) is 0 Å². The van der Waals surface area contributed by atoms with Gasteiger partial charge < -0.3 is 19.9 Å². The molecule has 0 aliphatic rings. The van der Waals surface area contributed by atoms with Gasteiger partial charge in [0.05, 0.1) is 19.1 Å². The zero-order valence-corrected chi connectivity index (χ0v) is 15.2. The fourth-order valence-corrected chi connectivity index (χ4v) is 2.40. The fourth-order valence-electron chi connectivity index (χ4n) is 2.40. The summed E-state index contributed by atoms with van der Waals surface area (Å²) < 4.78 is 10.9. The largest absolute Gasteiger partial charge is 0.496 e. The van der Waals surface area contributed by atoms with Crippen molar-refractivity contribution in [1.29, 1.82) is 0 Å². The Morgan fingerprint density at radius 3 is 2.52 bits per heavy atom. The maximum Gasteiger partial charge on any atom is 0.303 e. The van der Waals surface area contributed by atoms with Gasteiger partial charge in [-0.3, -0.25) is 14.4 Å². The van der Waals surface area contributed by atoms with Crippen molar-refractivity contribution in [3.05, 3.63) is 53.6 Å². The van der Waals surface area contributed by atoms with Gasteiger partial charge >= 0.3 is 5.97 Å². The molecule has 27 heavy (non-hydrogen) atoms. The summed E-state index contributed by atoms with van der Waals surface area (Å²) in [5, 5.41) is 11.3. The molecule has 1 amide bonds. The van der Waals surface area contributed by atoms with E-state index in [9.17, 15) is 14.4 Å². The summed E-state index contributed by atoms with van der Waals surface area (Å²) in [6.07, 6.45) is -0.301. The first-order valence-electron chi connectivity index (χ1n) is 8.31. The standard InChI is InChI=1S/C20H21NO6/c1-13(22)17-7-6-16(11-18(17)26-2)27-12-14-4-3-5-15(10-14)21-19(23)8-9-20(24)25/h3-7,10-11H,8-9,12H2,1-2H3,(H,21,23)(H,24,25). The molecule has 2 aromatic carbocycles. The third-order valence-corrected chi connectivity index (χ3v) is 3.73. The zero-order chi connectivity index (χ0) is 19.8. The SMILES string of the molecule is COc1cc(OCc2cccc(NC(=O)CCC(=O)O)c2)ccc1C(C)=O. The molecule has 0 bridgehead atoms. The van der Waals surface area contributed by atoms with Crippen LogP contribution in [-0.4, -0.2) is 29.9 Å². The van der Waals surface area contributed by atoms with E-state index in [0.29, 0.717) is 22.7 Å². The number of anilines is 1. The van der Waals surface area contributed by atoms with E-state index in [1.807, 2.05) is 6.07 Å². The van der Waals surface area contributed by atoms with Crippen LogP contribution in [0, 0.1) is 0 Å². The maximum absolute atomic E-state index is 11.7. The van der Waals surface area contributed by atoms with E-state index in [-0.39, 0.29) is 31.1 Å². The van der Waals surface area contributed by atoms with Crippen LogP contribution in [0.3, 0.4) is 0 Å². The third-order valence-electron chi connectivity index (χ3n) is 3.73. The first kappa shape index (κ1) is 20.0. The van der Waals surface area contributed by atoms with Gasteiger partial charge in [-0.1, -0.05) is 12.1 Å². The number of Topliss-reactive ketones (excluding diaryl/α,β-unsaturated/α-hetero) is 1. The van der Waals surface area contributed by atoms with Gasteiger partial charge in [-0.25, -0.2) is 0 Å². The lowest BCUT2D eigenvalue weighted by Gasteiger charge is -2.11. The lowest BCUT2D eigenvalue weighted by molar-refractivity contribution is -0.138. The second-order valence-electron chi connectivity index (χ2n) is 5.85. The zero-order valence-electron chi connectivity index (χ0n) is 15.2. The normalized spacial score (nSPS) is 10.1. The van der Waals surface area contributed by atoms with Gasteiger partial charge in [0, 0.05) is 18.2 Å². The van der Waals surface area contributed by atoms with Crippen molar-refractivity contribution in [3.63, 3.8) is 0 Å². The maximum atomic E-state index is 11.7. The summed E-state index contributed by atoms with van der Waals surface area (Å²) in [6.45, 7) is 1.72. The molecule has 7 heteroatoms. The molecule has 0 fully saturated rings. The Morgan fingerprint density at radius 2 is 1.85 bits per heavy atom. The molecule has 0 unspecified atom stereocenters. The Bertz CT molecular complexity index is 846. The molecule has 2 N–H and O–H groups in total. The number of ether oxygens (including phenoxy) is 2. The highest BCUT2D eigenvalue weighted by molar-refractivity contribution is 5.97. The topological polar surface area (TPSA) is 102 Å². The Kier molecular flexibility index (Phi) is 6.93. The second-order valence-corrected chi connectivity index (χ2v) is 5.85. The van der Waals surface area contributed by atoms with E-state index in [1.54, 1.807) is 36.4 Å². The lowest BCUT2D eigenvalue weighted by atomic mass is 10.1. The van der Waals surface area contributed by atoms with Crippen molar-refractivity contribution in [1.82, 2.24) is 0 Å². The number of hydrogen-bond donors (Lipinski definition) is 2. The van der Waals surface area contributed by atoms with Crippen LogP contribution >= 0.6 is 0 Å². The van der Waals surface area contributed by atoms with Crippen molar-refractivity contribution < 1.29 is 29.0 Å². The minimum Gasteiger partial charge on any atom is -0.496 e. The number of benzene rings is 2. The molecule has 0 radical (unpaired) electrons. The van der Waals surface area contributed by atoms with Gasteiger partial charge in [0.25, 0.3) is 0 Å². The Balaban J connectivity index is 1.99. The molecule has 0 aliphatic heterocycles. The summed E-state index contributed by atoms with van der Waals surface area (Å²) in [6, 6.07) is 12.1. The molecule has 0 heterocycles. The van der Waals surface area contributed by atoms with E-state index in [1.165, 1.54) is 14.0 Å². The number of aliphatic carboxylic acids is 1. The van der Waals surface area contributed by atoms with Crippen LogP contribution in [0.4, 0.5) is 5.69 Å². The van der Waals surface area contributed by atoms with Gasteiger partial charge in [-0.2, -0.15) is 0 Å². The molecule has 0 atom stereocenters. The monoisotopic (exact) mass is 371 g/mol. The molecule has 7 nitrogen and oxygen atoms in total. The number of carbonyl (C=O) groups excluding carboxylic acids is 2. The molecule has 0 aliphatic carbocycles. The number of hydrogen-bond acceptors (Lipinski definition) is 5. The predicted octanol–water partition coefficient (Wildman–Crippen LogP) is 3.28. The predicted molar refractivity (Wildman–Crippen MR) is 99.3 cm³/mol. The van der Waals surface area contributed by atoms with Crippen LogP contribution in [0.25, 0.3) is 0 Å². The number of ketones is 1. The highest BCUT2D eigenvalue weighted by Gasteiger charge is 2.10. The van der Waals surface area contributed by atoms with E-state index < -0.39 is 5.97 Å². The van der Waals surface area contributed by atoms with Gasteiger partial charge in [0.15, 0.2) is 5.78 Å². The van der Waals surface area contributed by atoms with Gasteiger partial charge in [0.1, 0.15) is 18.1 Å². The Morgan fingerprint density at radius 1 is 1.07 bits per heavy atom. The Labute approximate surface area is 156 Å². The van der Waals surface area contributed by atoms with Crippen LogP contribution in [0.15, 0.2) is 42.5 Å². The number of carbonyl (C=O) groups is 3. The first-order chi connectivity index (χ1) is 12.9. The number of carboxylic acids is 1. The van der Waals surface area contributed by atoms with Crippen molar-refractivity contribution in [2.75, 3.05) is 12.4 Å². The molecule has 0 aromatic heterocycles. The average Bonchev–Trinajstić information content (AvgIpc) is 2.64. The molecule has 0 saturated heterocycles. The van der Waals surface area contributed by atoms with E-state index >= 15 is 0 Å². The summed E-state index contributed by atoms with van der Waals surface area (Å²) >= 11 is 0. The molecule has 142 valence electrons. The highest BCUT2D eigenvalue weighted by Crippen LogP contribution is 2.26. The van der Waals surface area contributed by atoms with Crippen molar-refractivity contribution in [2.24, 2.45) is 0 Å². The van der Waals surface area contributed by atoms with Gasteiger partial charge in [0.2, 0.25) is 5.91 Å². The molecule has 2 aromatic rings. The number of carboxylic acid groups (broad SMARTS) is 1. The summed E-state index contributed by atoms with van der Waals surface area (Å²) in [5.74, 6) is -0.476. The summed E-state index contributed by atoms with van der Waals surface area (Å²) in [5.41, 5.74) is 1.87. The molecule has 0 spiro atoms. The van der Waals surface area contributed by atoms with E-state index in [4.69, 9.17) is 14.6 Å². The highest BCUT2D eigenvalue weighted by atomic mass is 16.5. The van der Waals surface area contributed by atoms with Crippen molar-refractivity contribution in [3.8, 4) is 11.5 Å². The van der Waals surface area contributed by atoms with Crippen LogP contribution in [0.1, 0.15) is 35.7 Å². The molecular weight excluding hydrogens is 350 g/mol. The Hall–Kier alpha value is -3.35. The molecule has 2 rings (SSSR count). The van der Waals surface area contributed by atoms with Crippen molar-refractivity contribution in [2.45, 2.75) is 26.4 Å². The summed E-state index contributed by atoms with van der Waals surface area (Å²) in [4.78, 5) is 33.8. The van der Waals surface area contributed by atoms with Crippen LogP contribution in [-0.2, 0) is 16.2 Å². The first-order valence-corrected chi connectivity index (χ1v) is 8.31. The minimum absolute atomic E-state index is 0.0850.